The lowest BCUT2D eigenvalue weighted by molar-refractivity contribution is -0.120. The largest absolute Gasteiger partial charge is 0.506 e. The van der Waals surface area contributed by atoms with E-state index in [0.717, 1.165) is 28.7 Å². The number of phenols is 1. The molecule has 3 rings (SSSR count). The number of aromatic nitrogens is 3. The summed E-state index contributed by atoms with van der Waals surface area (Å²) in [7, 11) is 0. The van der Waals surface area contributed by atoms with Crippen molar-refractivity contribution in [1.29, 1.82) is 0 Å². The van der Waals surface area contributed by atoms with E-state index in [-0.39, 0.29) is 17.6 Å². The highest BCUT2D eigenvalue weighted by Crippen LogP contribution is 2.29. The van der Waals surface area contributed by atoms with E-state index in [1.807, 2.05) is 0 Å². The molecule has 7 heteroatoms. The zero-order valence-electron chi connectivity index (χ0n) is 10.6. The predicted octanol–water partition coefficient (Wildman–Crippen LogP) is 2.02. The van der Waals surface area contributed by atoms with Crippen LogP contribution in [-0.4, -0.2) is 26.4 Å². The van der Waals surface area contributed by atoms with E-state index < -0.39 is 0 Å². The molecule has 1 amide bonds. The van der Waals surface area contributed by atoms with Crippen LogP contribution in [0, 0.1) is 5.92 Å². The maximum absolute atomic E-state index is 12.2. The van der Waals surface area contributed by atoms with Crippen LogP contribution < -0.4 is 5.32 Å². The van der Waals surface area contributed by atoms with Crippen molar-refractivity contribution in [2.24, 2.45) is 5.92 Å². The number of carbonyl (C=O) groups excluding carboxylic acids is 1. The summed E-state index contributed by atoms with van der Waals surface area (Å²) < 4.78 is 0.762. The summed E-state index contributed by atoms with van der Waals surface area (Å²) in [6.07, 6.45) is 2.06. The zero-order valence-corrected chi connectivity index (χ0v) is 12.1. The summed E-state index contributed by atoms with van der Waals surface area (Å²) in [5, 5.41) is 23.2. The fourth-order valence-electron chi connectivity index (χ4n) is 2.35. The van der Waals surface area contributed by atoms with Gasteiger partial charge in [0.2, 0.25) is 5.91 Å². The van der Waals surface area contributed by atoms with Crippen LogP contribution in [0.2, 0.25) is 0 Å². The minimum Gasteiger partial charge on any atom is -0.506 e. The molecule has 1 aromatic heterocycles. The topological polar surface area (TPSA) is 90.9 Å². The van der Waals surface area contributed by atoms with Crippen molar-refractivity contribution < 1.29 is 9.90 Å². The number of phenolic OH excluding ortho intramolecular Hbond substituents is 1. The molecular weight excluding hydrogens is 324 g/mol. The smallest absolute Gasteiger partial charge is 0.227 e. The number of nitrogens with one attached hydrogen (secondary N) is 2. The van der Waals surface area contributed by atoms with E-state index in [0.29, 0.717) is 12.1 Å². The number of rotatable bonds is 2. The zero-order chi connectivity index (χ0) is 14.1. The summed E-state index contributed by atoms with van der Waals surface area (Å²) in [5.74, 6) is -0.197. The Balaban J connectivity index is 1.71. The van der Waals surface area contributed by atoms with Crippen molar-refractivity contribution in [1.82, 2.24) is 15.4 Å². The molecule has 0 fully saturated rings. The molecule has 2 aromatic rings. The van der Waals surface area contributed by atoms with E-state index >= 15 is 0 Å². The standard InChI is InChI=1S/C13H13BrN4O2/c14-8-2-4-10(12(19)6-8)15-13(20)7-1-3-9-11(5-7)17-18-16-9/h2,4,6-7,19H,1,3,5H2,(H,15,20)(H,16,17,18)/t7-/m0/s1. The van der Waals surface area contributed by atoms with E-state index in [9.17, 15) is 9.90 Å². The first-order valence-electron chi connectivity index (χ1n) is 6.31. The van der Waals surface area contributed by atoms with Crippen molar-refractivity contribution in [3.8, 4) is 5.75 Å². The van der Waals surface area contributed by atoms with Crippen molar-refractivity contribution in [2.75, 3.05) is 5.32 Å². The minimum absolute atomic E-state index is 0.0469. The van der Waals surface area contributed by atoms with Gasteiger partial charge in [0.05, 0.1) is 17.1 Å². The van der Waals surface area contributed by atoms with Crippen molar-refractivity contribution in [2.45, 2.75) is 19.3 Å². The number of benzene rings is 1. The Bertz CT molecular complexity index is 656. The molecule has 3 N–H and O–H groups in total. The number of aryl methyl sites for hydroxylation is 1. The normalized spacial score (nSPS) is 17.6. The van der Waals surface area contributed by atoms with E-state index in [4.69, 9.17) is 0 Å². The second kappa shape index (κ2) is 5.24. The molecule has 0 aliphatic heterocycles. The summed E-state index contributed by atoms with van der Waals surface area (Å²) in [6.45, 7) is 0. The summed E-state index contributed by atoms with van der Waals surface area (Å²) in [6, 6.07) is 4.99. The SMILES string of the molecule is O=C(Nc1ccc(Br)cc1O)[C@H]1CCc2n[nH]nc2C1. The Morgan fingerprint density at radius 1 is 1.40 bits per heavy atom. The van der Waals surface area contributed by atoms with Crippen molar-refractivity contribution in [3.63, 3.8) is 0 Å². The van der Waals surface area contributed by atoms with Gasteiger partial charge in [-0.25, -0.2) is 0 Å². The molecule has 1 heterocycles. The van der Waals surface area contributed by atoms with Gasteiger partial charge in [0.25, 0.3) is 0 Å². The Morgan fingerprint density at radius 3 is 3.00 bits per heavy atom. The monoisotopic (exact) mass is 336 g/mol. The molecule has 0 bridgehead atoms. The van der Waals surface area contributed by atoms with Crippen molar-refractivity contribution in [3.05, 3.63) is 34.1 Å². The number of hydrogen-bond donors (Lipinski definition) is 3. The third kappa shape index (κ3) is 2.53. The molecule has 20 heavy (non-hydrogen) atoms. The number of nitrogens with zero attached hydrogens (tertiary/aromatic N) is 2. The second-order valence-electron chi connectivity index (χ2n) is 4.81. The number of anilines is 1. The van der Waals surface area contributed by atoms with Crippen LogP contribution in [0.4, 0.5) is 5.69 Å². The minimum atomic E-state index is -0.143. The van der Waals surface area contributed by atoms with Crippen LogP contribution in [0.5, 0.6) is 5.75 Å². The van der Waals surface area contributed by atoms with Crippen LogP contribution in [0.3, 0.4) is 0 Å². The maximum Gasteiger partial charge on any atom is 0.227 e. The molecule has 0 unspecified atom stereocenters. The number of aromatic amines is 1. The molecule has 1 aliphatic rings. The molecule has 104 valence electrons. The number of fused-ring (bicyclic) bond motifs is 1. The number of H-pyrrole nitrogens is 1. The first-order chi connectivity index (χ1) is 9.63. The van der Waals surface area contributed by atoms with Crippen molar-refractivity contribution >= 4 is 27.5 Å². The lowest BCUT2D eigenvalue weighted by atomic mass is 9.89. The average Bonchev–Trinajstić information content (AvgIpc) is 2.89. The number of hydrogen-bond acceptors (Lipinski definition) is 4. The predicted molar refractivity (Wildman–Crippen MR) is 76.3 cm³/mol. The molecular formula is C13H13BrN4O2. The Morgan fingerprint density at radius 2 is 2.20 bits per heavy atom. The van der Waals surface area contributed by atoms with Gasteiger partial charge >= 0.3 is 0 Å². The lowest BCUT2D eigenvalue weighted by Gasteiger charge is -2.20. The highest BCUT2D eigenvalue weighted by molar-refractivity contribution is 9.10. The number of halogens is 1. The van der Waals surface area contributed by atoms with Crippen LogP contribution in [0.25, 0.3) is 0 Å². The summed E-state index contributed by atoms with van der Waals surface area (Å²) >= 11 is 3.26. The Hall–Kier alpha value is -1.89. The molecule has 0 saturated heterocycles. The first-order valence-corrected chi connectivity index (χ1v) is 7.10. The van der Waals surface area contributed by atoms with E-state index in [2.05, 4.69) is 36.7 Å². The van der Waals surface area contributed by atoms with Gasteiger partial charge in [0.15, 0.2) is 0 Å². The van der Waals surface area contributed by atoms with Crippen LogP contribution in [-0.2, 0) is 17.6 Å². The van der Waals surface area contributed by atoms with Gasteiger partial charge in [-0.1, -0.05) is 15.9 Å². The van der Waals surface area contributed by atoms with Gasteiger partial charge < -0.3 is 10.4 Å². The fraction of sp³-hybridized carbons (Fsp3) is 0.308. The van der Waals surface area contributed by atoms with E-state index in [1.165, 1.54) is 0 Å². The summed E-state index contributed by atoms with van der Waals surface area (Å²) in [5.41, 5.74) is 2.22. The molecule has 1 atom stereocenters. The van der Waals surface area contributed by atoms with Crippen LogP contribution in [0.1, 0.15) is 17.8 Å². The van der Waals surface area contributed by atoms with Gasteiger partial charge in [0, 0.05) is 16.8 Å². The van der Waals surface area contributed by atoms with Gasteiger partial charge in [-0.3, -0.25) is 4.79 Å². The van der Waals surface area contributed by atoms with Gasteiger partial charge in [-0.2, -0.15) is 15.4 Å². The molecule has 1 aliphatic carbocycles. The van der Waals surface area contributed by atoms with Gasteiger partial charge in [-0.05, 0) is 31.0 Å². The third-order valence-corrected chi connectivity index (χ3v) is 3.95. The maximum atomic E-state index is 12.2. The van der Waals surface area contributed by atoms with Crippen LogP contribution >= 0.6 is 15.9 Å². The molecule has 6 nitrogen and oxygen atoms in total. The molecule has 0 saturated carbocycles. The quantitative estimate of drug-likeness (QED) is 0.731. The lowest BCUT2D eigenvalue weighted by Crippen LogP contribution is -2.28. The van der Waals surface area contributed by atoms with Gasteiger partial charge in [0.1, 0.15) is 5.75 Å². The first kappa shape index (κ1) is 13.1. The number of carbonyl (C=O) groups is 1. The molecule has 0 spiro atoms. The fourth-order valence-corrected chi connectivity index (χ4v) is 2.70. The highest BCUT2D eigenvalue weighted by atomic mass is 79.9. The number of aromatic hydroxyl groups is 1. The Kier molecular flexibility index (Phi) is 3.43. The average molecular weight is 337 g/mol. The molecule has 1 aromatic carbocycles. The summed E-state index contributed by atoms with van der Waals surface area (Å²) in [4.78, 5) is 12.2. The van der Waals surface area contributed by atoms with Crippen LogP contribution in [0.15, 0.2) is 22.7 Å². The number of amides is 1. The highest BCUT2D eigenvalue weighted by Gasteiger charge is 2.27. The van der Waals surface area contributed by atoms with Gasteiger partial charge in [-0.15, -0.1) is 0 Å². The Labute approximate surface area is 123 Å². The second-order valence-corrected chi connectivity index (χ2v) is 5.72. The third-order valence-electron chi connectivity index (χ3n) is 3.46. The van der Waals surface area contributed by atoms with E-state index in [1.54, 1.807) is 18.2 Å². The molecule has 0 radical (unpaired) electrons.